The van der Waals surface area contributed by atoms with Crippen molar-refractivity contribution in [3.63, 3.8) is 0 Å². The highest BCUT2D eigenvalue weighted by atomic mass is 19.1. The van der Waals surface area contributed by atoms with E-state index in [2.05, 4.69) is 10.6 Å². The zero-order valence-corrected chi connectivity index (χ0v) is 29.9. The summed E-state index contributed by atoms with van der Waals surface area (Å²) in [6, 6.07) is 16.5. The number of nitrogens with two attached hydrogens (primary N) is 1. The highest BCUT2D eigenvalue weighted by molar-refractivity contribution is 6.01. The standard InChI is InChI=1S/C39H48FN5O6/c1-24(44(5)38(49)51-39(2,3)4)36(47)43-33(26-16-18-50-19-17-26)23-45-22-28-8-6-7-9-30(28)35(45)37(48)42-32-21-27(12-15-31(32)40)34(46)20-25-10-13-29(41)14-11-25/h6-15,21,24,26,33,35H,16-20,22-23,41H2,1-5H3,(H,42,48)(H,43,47)/t24-,33+,35-/m0/s1. The van der Waals surface area contributed by atoms with Crippen molar-refractivity contribution >= 4 is 35.1 Å². The summed E-state index contributed by atoms with van der Waals surface area (Å²) in [5, 5.41) is 5.94. The second kappa shape index (κ2) is 16.0. The van der Waals surface area contributed by atoms with Gasteiger partial charge in [0.15, 0.2) is 5.78 Å². The molecule has 5 rings (SSSR count). The van der Waals surface area contributed by atoms with Crippen molar-refractivity contribution in [2.24, 2.45) is 5.92 Å². The molecule has 51 heavy (non-hydrogen) atoms. The zero-order chi connectivity index (χ0) is 36.9. The Labute approximate surface area is 298 Å². The summed E-state index contributed by atoms with van der Waals surface area (Å²) in [5.41, 5.74) is 8.29. The fraction of sp³-hybridized carbons (Fsp3) is 0.436. The van der Waals surface area contributed by atoms with E-state index >= 15 is 4.39 Å². The lowest BCUT2D eigenvalue weighted by molar-refractivity contribution is -0.127. The van der Waals surface area contributed by atoms with E-state index in [0.29, 0.717) is 44.8 Å². The van der Waals surface area contributed by atoms with Crippen molar-refractivity contribution in [1.82, 2.24) is 15.1 Å². The molecular formula is C39H48FN5O6. The van der Waals surface area contributed by atoms with Crippen molar-refractivity contribution in [1.29, 1.82) is 0 Å². The number of nitrogens with one attached hydrogen (secondary N) is 2. The third-order valence-corrected chi connectivity index (χ3v) is 9.46. The first-order valence-electron chi connectivity index (χ1n) is 17.3. The van der Waals surface area contributed by atoms with E-state index in [9.17, 15) is 19.2 Å². The minimum Gasteiger partial charge on any atom is -0.444 e. The molecule has 3 amide bonds. The van der Waals surface area contributed by atoms with Crippen LogP contribution in [0.25, 0.3) is 0 Å². The lowest BCUT2D eigenvalue weighted by Crippen LogP contribution is -2.55. The predicted molar refractivity (Wildman–Crippen MR) is 192 cm³/mol. The van der Waals surface area contributed by atoms with E-state index in [0.717, 1.165) is 16.7 Å². The van der Waals surface area contributed by atoms with E-state index in [-0.39, 0.29) is 41.3 Å². The molecule has 0 spiro atoms. The monoisotopic (exact) mass is 701 g/mol. The number of likely N-dealkylation sites (N-methyl/N-ethyl adjacent to an activating group) is 1. The summed E-state index contributed by atoms with van der Waals surface area (Å²) in [7, 11) is 1.53. The maximum Gasteiger partial charge on any atom is 0.410 e. The Morgan fingerprint density at radius 3 is 2.41 bits per heavy atom. The number of hydrogen-bond donors (Lipinski definition) is 3. The second-order valence-electron chi connectivity index (χ2n) is 14.4. The third kappa shape index (κ3) is 9.50. The van der Waals surface area contributed by atoms with Gasteiger partial charge in [0.2, 0.25) is 11.8 Å². The Balaban J connectivity index is 1.35. The van der Waals surface area contributed by atoms with Gasteiger partial charge in [0.1, 0.15) is 23.5 Å². The van der Waals surface area contributed by atoms with Crippen LogP contribution in [0.5, 0.6) is 0 Å². The average Bonchev–Trinajstić information content (AvgIpc) is 3.46. The molecule has 1 saturated heterocycles. The molecule has 12 heteroatoms. The molecule has 2 aliphatic rings. The molecule has 11 nitrogen and oxygen atoms in total. The van der Waals surface area contributed by atoms with Gasteiger partial charge in [0.25, 0.3) is 0 Å². The first kappa shape index (κ1) is 37.4. The smallest absolute Gasteiger partial charge is 0.410 e. The highest BCUT2D eigenvalue weighted by Gasteiger charge is 2.39. The van der Waals surface area contributed by atoms with Crippen molar-refractivity contribution in [3.05, 3.63) is 94.8 Å². The molecule has 2 heterocycles. The normalized spacial score (nSPS) is 17.6. The number of halogens is 1. The van der Waals surface area contributed by atoms with Crippen LogP contribution in [0.3, 0.4) is 0 Å². The predicted octanol–water partition coefficient (Wildman–Crippen LogP) is 5.50. The molecule has 0 aromatic heterocycles. The van der Waals surface area contributed by atoms with Crippen LogP contribution in [0.15, 0.2) is 66.7 Å². The lowest BCUT2D eigenvalue weighted by Gasteiger charge is -2.36. The van der Waals surface area contributed by atoms with Crippen LogP contribution in [0, 0.1) is 11.7 Å². The molecule has 3 atom stereocenters. The zero-order valence-electron chi connectivity index (χ0n) is 29.9. The van der Waals surface area contributed by atoms with Gasteiger partial charge in [-0.1, -0.05) is 36.4 Å². The minimum atomic E-state index is -0.824. The number of benzene rings is 3. The van der Waals surface area contributed by atoms with Crippen LogP contribution in [0.1, 0.15) is 73.6 Å². The molecule has 4 N–H and O–H groups in total. The molecule has 0 aliphatic carbocycles. The Bertz CT molecular complexity index is 1740. The van der Waals surface area contributed by atoms with Gasteiger partial charge in [-0.2, -0.15) is 0 Å². The summed E-state index contributed by atoms with van der Waals surface area (Å²) in [5.74, 6) is -1.65. The van der Waals surface area contributed by atoms with Gasteiger partial charge in [-0.05, 0) is 93.5 Å². The maximum absolute atomic E-state index is 15.2. The Kier molecular flexibility index (Phi) is 11.8. The van der Waals surface area contributed by atoms with Gasteiger partial charge in [0, 0.05) is 57.1 Å². The van der Waals surface area contributed by atoms with Crippen LogP contribution in [0.4, 0.5) is 20.6 Å². The van der Waals surface area contributed by atoms with Crippen LogP contribution < -0.4 is 16.4 Å². The van der Waals surface area contributed by atoms with Gasteiger partial charge in [-0.15, -0.1) is 0 Å². The van der Waals surface area contributed by atoms with Crippen LogP contribution >= 0.6 is 0 Å². The largest absolute Gasteiger partial charge is 0.444 e. The van der Waals surface area contributed by atoms with E-state index < -0.39 is 35.5 Å². The Hall–Kier alpha value is -4.81. The average molecular weight is 702 g/mol. The summed E-state index contributed by atoms with van der Waals surface area (Å²) in [6.45, 7) is 8.76. The van der Waals surface area contributed by atoms with Crippen LogP contribution in [0.2, 0.25) is 0 Å². The molecular weight excluding hydrogens is 653 g/mol. The number of ether oxygens (including phenoxy) is 2. The SMILES string of the molecule is C[C@@H](C(=O)N[C@H](CN1Cc2ccccc2[C@H]1C(=O)Nc1cc(C(=O)Cc2ccc(N)cc2)ccc1F)C1CCOCC1)N(C)C(=O)OC(C)(C)C. The summed E-state index contributed by atoms with van der Waals surface area (Å²) >= 11 is 0. The van der Waals surface area contributed by atoms with E-state index in [1.165, 1.54) is 30.1 Å². The van der Waals surface area contributed by atoms with E-state index in [4.69, 9.17) is 15.2 Å². The van der Waals surface area contributed by atoms with Gasteiger partial charge in [-0.3, -0.25) is 24.2 Å². The van der Waals surface area contributed by atoms with Crippen molar-refractivity contribution in [2.45, 2.75) is 77.2 Å². The fourth-order valence-corrected chi connectivity index (χ4v) is 6.50. The molecule has 3 aromatic carbocycles. The van der Waals surface area contributed by atoms with Crippen molar-refractivity contribution in [3.8, 4) is 0 Å². The van der Waals surface area contributed by atoms with E-state index in [1.54, 1.807) is 52.0 Å². The number of amides is 3. The molecule has 0 bridgehead atoms. The Morgan fingerprint density at radius 2 is 1.73 bits per heavy atom. The number of fused-ring (bicyclic) bond motifs is 1. The number of carbonyl (C=O) groups excluding carboxylic acids is 4. The van der Waals surface area contributed by atoms with Gasteiger partial charge < -0.3 is 25.8 Å². The van der Waals surface area contributed by atoms with Gasteiger partial charge >= 0.3 is 6.09 Å². The van der Waals surface area contributed by atoms with E-state index in [1.807, 2.05) is 29.2 Å². The van der Waals surface area contributed by atoms with Crippen LogP contribution in [-0.2, 0) is 32.0 Å². The number of rotatable bonds is 11. The summed E-state index contributed by atoms with van der Waals surface area (Å²) < 4.78 is 26.3. The molecule has 2 aliphatic heterocycles. The number of nitrogens with zero attached hydrogens (tertiary/aromatic N) is 2. The molecule has 0 radical (unpaired) electrons. The minimum absolute atomic E-state index is 0.0513. The molecule has 0 saturated carbocycles. The maximum atomic E-state index is 15.2. The summed E-state index contributed by atoms with van der Waals surface area (Å²) in [4.78, 5) is 56.9. The fourth-order valence-electron chi connectivity index (χ4n) is 6.50. The van der Waals surface area contributed by atoms with Gasteiger partial charge in [-0.25, -0.2) is 9.18 Å². The first-order chi connectivity index (χ1) is 24.2. The molecule has 1 fully saturated rings. The number of hydrogen-bond acceptors (Lipinski definition) is 8. The molecule has 0 unspecified atom stereocenters. The number of anilines is 2. The number of carbonyl (C=O) groups is 4. The van der Waals surface area contributed by atoms with Gasteiger partial charge in [0.05, 0.1) is 5.69 Å². The third-order valence-electron chi connectivity index (χ3n) is 9.46. The van der Waals surface area contributed by atoms with Crippen molar-refractivity contribution < 1.29 is 33.0 Å². The number of ketones is 1. The van der Waals surface area contributed by atoms with Crippen LogP contribution in [-0.4, -0.2) is 78.0 Å². The lowest BCUT2D eigenvalue weighted by atomic mass is 9.90. The molecule has 3 aromatic rings. The highest BCUT2D eigenvalue weighted by Crippen LogP contribution is 2.36. The first-order valence-corrected chi connectivity index (χ1v) is 17.3. The number of Topliss-reactive ketones (excluding diaryl/α,β-unsaturated/α-hetero) is 1. The summed E-state index contributed by atoms with van der Waals surface area (Å²) in [6.07, 6.45) is 0.902. The van der Waals surface area contributed by atoms with Crippen molar-refractivity contribution in [2.75, 3.05) is 37.9 Å². The molecule has 272 valence electrons. The number of nitrogen functional groups attached to an aromatic ring is 1. The topological polar surface area (TPSA) is 143 Å². The Morgan fingerprint density at radius 1 is 1.04 bits per heavy atom. The second-order valence-corrected chi connectivity index (χ2v) is 14.4. The quantitative estimate of drug-likeness (QED) is 0.176.